The number of carbonyl (C=O) groups excluding carboxylic acids is 1. The van der Waals surface area contributed by atoms with Crippen molar-refractivity contribution in [1.82, 2.24) is 34.7 Å². The SMILES string of the molecule is Cc1nn(Cn2ccc(C(=O)NCCCn3nc(C)c(Br)c3C)n2)c(C)c1Cl. The molecule has 10 heteroatoms. The number of aromatic nitrogens is 6. The van der Waals surface area contributed by atoms with E-state index in [-0.39, 0.29) is 5.91 Å². The van der Waals surface area contributed by atoms with Crippen LogP contribution >= 0.6 is 27.5 Å². The van der Waals surface area contributed by atoms with Gasteiger partial charge in [-0.2, -0.15) is 15.3 Å². The van der Waals surface area contributed by atoms with Gasteiger partial charge in [0.25, 0.3) is 5.91 Å². The third kappa shape index (κ3) is 4.30. The van der Waals surface area contributed by atoms with Crippen molar-refractivity contribution in [3.8, 4) is 0 Å². The Kier molecular flexibility index (Phi) is 6.24. The van der Waals surface area contributed by atoms with Crippen LogP contribution < -0.4 is 5.32 Å². The number of halogens is 2. The van der Waals surface area contributed by atoms with Crippen molar-refractivity contribution < 1.29 is 4.79 Å². The van der Waals surface area contributed by atoms with Gasteiger partial charge >= 0.3 is 0 Å². The number of amides is 1. The van der Waals surface area contributed by atoms with Gasteiger partial charge in [-0.05, 0) is 56.1 Å². The van der Waals surface area contributed by atoms with Crippen molar-refractivity contribution >= 4 is 33.4 Å². The molecule has 0 aliphatic rings. The molecule has 3 rings (SSSR count). The molecule has 8 nitrogen and oxygen atoms in total. The minimum Gasteiger partial charge on any atom is -0.351 e. The first-order valence-electron chi connectivity index (χ1n) is 8.98. The summed E-state index contributed by atoms with van der Waals surface area (Å²) in [7, 11) is 0. The normalized spacial score (nSPS) is 11.2. The molecule has 3 heterocycles. The van der Waals surface area contributed by atoms with E-state index in [1.54, 1.807) is 21.6 Å². The summed E-state index contributed by atoms with van der Waals surface area (Å²) < 4.78 is 6.41. The van der Waals surface area contributed by atoms with Crippen LogP contribution in [0.3, 0.4) is 0 Å². The first kappa shape index (κ1) is 20.6. The number of nitrogens with one attached hydrogen (secondary N) is 1. The quantitative estimate of drug-likeness (QED) is 0.540. The van der Waals surface area contributed by atoms with Gasteiger partial charge in [-0.25, -0.2) is 4.68 Å². The summed E-state index contributed by atoms with van der Waals surface area (Å²) in [5, 5.41) is 16.7. The molecule has 0 aromatic carbocycles. The van der Waals surface area contributed by atoms with Crippen LogP contribution in [0, 0.1) is 27.7 Å². The van der Waals surface area contributed by atoms with Crippen molar-refractivity contribution in [3.05, 3.63) is 50.2 Å². The summed E-state index contributed by atoms with van der Waals surface area (Å²) in [5.41, 5.74) is 4.08. The minimum absolute atomic E-state index is 0.195. The molecule has 0 bridgehead atoms. The number of aryl methyl sites for hydroxylation is 3. The van der Waals surface area contributed by atoms with Crippen LogP contribution in [0.5, 0.6) is 0 Å². The molecule has 28 heavy (non-hydrogen) atoms. The molecule has 0 fully saturated rings. The Labute approximate surface area is 177 Å². The van der Waals surface area contributed by atoms with Gasteiger partial charge in [-0.3, -0.25) is 14.2 Å². The van der Waals surface area contributed by atoms with E-state index in [1.165, 1.54) is 0 Å². The van der Waals surface area contributed by atoms with E-state index in [9.17, 15) is 4.79 Å². The summed E-state index contributed by atoms with van der Waals surface area (Å²) in [5.74, 6) is -0.195. The largest absolute Gasteiger partial charge is 0.351 e. The number of hydrogen-bond donors (Lipinski definition) is 1. The van der Waals surface area contributed by atoms with Crippen molar-refractivity contribution in [2.75, 3.05) is 6.54 Å². The Bertz CT molecular complexity index is 1000. The summed E-state index contributed by atoms with van der Waals surface area (Å²) in [6.45, 7) is 9.44. The van der Waals surface area contributed by atoms with E-state index in [2.05, 4.69) is 36.5 Å². The maximum absolute atomic E-state index is 12.3. The molecular formula is C18H23BrClN7O. The Balaban J connectivity index is 1.51. The van der Waals surface area contributed by atoms with Crippen molar-refractivity contribution in [2.24, 2.45) is 0 Å². The van der Waals surface area contributed by atoms with E-state index in [4.69, 9.17) is 11.6 Å². The second-order valence-corrected chi connectivity index (χ2v) is 7.85. The molecular weight excluding hydrogens is 446 g/mol. The lowest BCUT2D eigenvalue weighted by Crippen LogP contribution is -2.26. The Hall–Kier alpha value is -2.13. The third-order valence-electron chi connectivity index (χ3n) is 4.57. The van der Waals surface area contributed by atoms with E-state index in [1.807, 2.05) is 32.4 Å². The van der Waals surface area contributed by atoms with Crippen LogP contribution in [0.15, 0.2) is 16.7 Å². The predicted octanol–water partition coefficient (Wildman–Crippen LogP) is 3.25. The molecule has 0 spiro atoms. The standard InChI is InChI=1S/C18H23BrClN7O/c1-11-16(19)13(3)26(22-11)8-5-7-21-18(28)15-6-9-25(24-15)10-27-14(4)17(20)12(2)23-27/h6,9H,5,7-8,10H2,1-4H3,(H,21,28). The van der Waals surface area contributed by atoms with Gasteiger partial charge in [-0.15, -0.1) is 0 Å². The van der Waals surface area contributed by atoms with Crippen molar-refractivity contribution in [3.63, 3.8) is 0 Å². The number of rotatable bonds is 7. The zero-order valence-electron chi connectivity index (χ0n) is 16.3. The molecule has 150 valence electrons. The number of carbonyl (C=O) groups is 1. The van der Waals surface area contributed by atoms with Gasteiger partial charge in [0.1, 0.15) is 12.4 Å². The molecule has 0 unspecified atom stereocenters. The molecule has 0 aliphatic carbocycles. The van der Waals surface area contributed by atoms with Crippen LogP contribution in [0.1, 0.15) is 39.7 Å². The number of hydrogen-bond acceptors (Lipinski definition) is 4. The lowest BCUT2D eigenvalue weighted by molar-refractivity contribution is 0.0946. The van der Waals surface area contributed by atoms with Crippen molar-refractivity contribution in [2.45, 2.75) is 47.3 Å². The summed E-state index contributed by atoms with van der Waals surface area (Å²) in [6, 6.07) is 1.70. The fraction of sp³-hybridized carbons (Fsp3) is 0.444. The second kappa shape index (κ2) is 8.48. The second-order valence-electron chi connectivity index (χ2n) is 6.68. The lowest BCUT2D eigenvalue weighted by atomic mass is 10.3. The highest BCUT2D eigenvalue weighted by Crippen LogP contribution is 2.20. The highest BCUT2D eigenvalue weighted by atomic mass is 79.9. The average Bonchev–Trinajstić information content (AvgIpc) is 3.30. The molecule has 3 aromatic heterocycles. The molecule has 0 saturated carbocycles. The van der Waals surface area contributed by atoms with E-state index < -0.39 is 0 Å². The van der Waals surface area contributed by atoms with Gasteiger partial charge < -0.3 is 5.32 Å². The highest BCUT2D eigenvalue weighted by Gasteiger charge is 2.13. The molecule has 0 radical (unpaired) electrons. The van der Waals surface area contributed by atoms with Gasteiger partial charge in [-0.1, -0.05) is 11.6 Å². The Morgan fingerprint density at radius 1 is 1.11 bits per heavy atom. The van der Waals surface area contributed by atoms with Gasteiger partial charge in [0.15, 0.2) is 0 Å². The Morgan fingerprint density at radius 2 is 1.82 bits per heavy atom. The molecule has 1 amide bonds. The fourth-order valence-electron chi connectivity index (χ4n) is 2.93. The fourth-order valence-corrected chi connectivity index (χ4v) is 3.34. The summed E-state index contributed by atoms with van der Waals surface area (Å²) in [6.07, 6.45) is 2.54. The van der Waals surface area contributed by atoms with Gasteiger partial charge in [0, 0.05) is 25.0 Å². The van der Waals surface area contributed by atoms with Crippen LogP contribution in [0.4, 0.5) is 0 Å². The van der Waals surface area contributed by atoms with E-state index in [0.717, 1.165) is 40.2 Å². The molecule has 0 aliphatic heterocycles. The van der Waals surface area contributed by atoms with E-state index in [0.29, 0.717) is 23.9 Å². The van der Waals surface area contributed by atoms with E-state index >= 15 is 0 Å². The Morgan fingerprint density at radius 3 is 2.43 bits per heavy atom. The van der Waals surface area contributed by atoms with Crippen LogP contribution in [0.2, 0.25) is 5.02 Å². The van der Waals surface area contributed by atoms with Crippen LogP contribution in [-0.2, 0) is 13.2 Å². The lowest BCUT2D eigenvalue weighted by Gasteiger charge is -2.06. The summed E-state index contributed by atoms with van der Waals surface area (Å²) in [4.78, 5) is 12.3. The maximum Gasteiger partial charge on any atom is 0.271 e. The predicted molar refractivity (Wildman–Crippen MR) is 111 cm³/mol. The molecule has 3 aromatic rings. The van der Waals surface area contributed by atoms with Crippen molar-refractivity contribution in [1.29, 1.82) is 0 Å². The minimum atomic E-state index is -0.195. The first-order valence-corrected chi connectivity index (χ1v) is 10.2. The monoisotopic (exact) mass is 467 g/mol. The highest BCUT2D eigenvalue weighted by molar-refractivity contribution is 9.10. The molecule has 1 N–H and O–H groups in total. The third-order valence-corrected chi connectivity index (χ3v) is 6.27. The molecule has 0 saturated heterocycles. The smallest absolute Gasteiger partial charge is 0.271 e. The first-order chi connectivity index (χ1) is 13.3. The van der Waals surface area contributed by atoms with Gasteiger partial charge in [0.2, 0.25) is 0 Å². The molecule has 0 atom stereocenters. The zero-order chi connectivity index (χ0) is 20.4. The zero-order valence-corrected chi connectivity index (χ0v) is 18.7. The maximum atomic E-state index is 12.3. The van der Waals surface area contributed by atoms with Crippen LogP contribution in [0.25, 0.3) is 0 Å². The summed E-state index contributed by atoms with van der Waals surface area (Å²) >= 11 is 9.69. The average molecular weight is 469 g/mol. The van der Waals surface area contributed by atoms with Crippen LogP contribution in [-0.4, -0.2) is 41.8 Å². The number of nitrogens with zero attached hydrogens (tertiary/aromatic N) is 6. The topological polar surface area (TPSA) is 82.6 Å². The van der Waals surface area contributed by atoms with Gasteiger partial charge in [0.05, 0.1) is 26.6 Å².